The van der Waals surface area contributed by atoms with Crippen LogP contribution in [0.3, 0.4) is 0 Å². The molecule has 0 amide bonds. The van der Waals surface area contributed by atoms with Gasteiger partial charge in [-0.15, -0.1) is 0 Å². The van der Waals surface area contributed by atoms with E-state index >= 15 is 0 Å². The first-order valence-electron chi connectivity index (χ1n) is 13.4. The minimum absolute atomic E-state index is 0.0831. The van der Waals surface area contributed by atoms with E-state index in [1.807, 2.05) is 46.8 Å². The van der Waals surface area contributed by atoms with Crippen LogP contribution < -0.4 is 4.74 Å². The minimum Gasteiger partial charge on any atom is -0.507 e. The van der Waals surface area contributed by atoms with Crippen molar-refractivity contribution in [3.8, 4) is 17.2 Å². The van der Waals surface area contributed by atoms with Gasteiger partial charge >= 0.3 is 5.97 Å². The molecule has 4 N–H and O–H groups in total. The summed E-state index contributed by atoms with van der Waals surface area (Å²) in [6.07, 6.45) is 2.76. The van der Waals surface area contributed by atoms with Crippen LogP contribution in [0.5, 0.6) is 17.2 Å². The van der Waals surface area contributed by atoms with Crippen molar-refractivity contribution < 1.29 is 39.4 Å². The smallest absolute Gasteiger partial charge is 0.303 e. The predicted molar refractivity (Wildman–Crippen MR) is 143 cm³/mol. The molecule has 8 nitrogen and oxygen atoms in total. The number of hydrogen-bond donors (Lipinski definition) is 4. The lowest BCUT2D eigenvalue weighted by atomic mass is 9.57. The fraction of sp³-hybridized carbons (Fsp3) is 0.633. The largest absolute Gasteiger partial charge is 0.507 e. The predicted octanol–water partition coefficient (Wildman–Crippen LogP) is 4.72. The van der Waals surface area contributed by atoms with Gasteiger partial charge in [0.1, 0.15) is 17.5 Å². The van der Waals surface area contributed by atoms with Gasteiger partial charge in [-0.05, 0) is 70.7 Å². The van der Waals surface area contributed by atoms with Crippen molar-refractivity contribution in [3.63, 3.8) is 0 Å². The Balaban J connectivity index is 1.80. The molecule has 210 valence electrons. The Morgan fingerprint density at radius 2 is 1.92 bits per heavy atom. The molecule has 2 aliphatic heterocycles. The van der Waals surface area contributed by atoms with Crippen molar-refractivity contribution in [2.75, 3.05) is 0 Å². The SMILES string of the molecule is CC=C(C)[C@@H](OC(C)=O)[C@@H](C)c1cc(O)c2c(c1O)O[C@]1(C)CC[C@H]3O[C@@H](C(C)(C)O)C[C@@H](O)[C@]3(C)C1=C2. The number of fused-ring (bicyclic) bond motifs is 4. The van der Waals surface area contributed by atoms with Gasteiger partial charge in [0.2, 0.25) is 0 Å². The number of carbonyl (C=O) groups excluding carboxylic acids is 1. The van der Waals surface area contributed by atoms with E-state index in [-0.39, 0.29) is 29.8 Å². The number of phenols is 2. The number of aromatic hydroxyl groups is 2. The Morgan fingerprint density at radius 1 is 1.26 bits per heavy atom. The maximum Gasteiger partial charge on any atom is 0.303 e. The Hall–Kier alpha value is -2.55. The van der Waals surface area contributed by atoms with Gasteiger partial charge in [0.15, 0.2) is 11.5 Å². The molecule has 0 unspecified atom stereocenters. The number of allylic oxidation sites excluding steroid dienone is 1. The molecule has 1 aliphatic carbocycles. The molecule has 1 aromatic rings. The lowest BCUT2D eigenvalue weighted by molar-refractivity contribution is -0.228. The van der Waals surface area contributed by atoms with Gasteiger partial charge in [0.05, 0.1) is 29.5 Å². The average molecular weight is 531 g/mol. The molecule has 1 aromatic carbocycles. The first-order valence-corrected chi connectivity index (χ1v) is 13.4. The van der Waals surface area contributed by atoms with E-state index in [9.17, 15) is 25.2 Å². The van der Waals surface area contributed by atoms with Crippen molar-refractivity contribution >= 4 is 12.0 Å². The first kappa shape index (κ1) is 28.5. The molecule has 2 heterocycles. The lowest BCUT2D eigenvalue weighted by Gasteiger charge is -2.58. The number of phenolic OH excluding ortho intramolecular Hbond substituents is 2. The molecule has 0 aromatic heterocycles. The summed E-state index contributed by atoms with van der Waals surface area (Å²) in [5, 5.41) is 44.5. The van der Waals surface area contributed by atoms with E-state index in [4.69, 9.17) is 14.2 Å². The van der Waals surface area contributed by atoms with Crippen molar-refractivity contribution in [1.29, 1.82) is 0 Å². The molecular weight excluding hydrogens is 488 g/mol. The highest BCUT2D eigenvalue weighted by molar-refractivity contribution is 5.76. The van der Waals surface area contributed by atoms with Gasteiger partial charge < -0.3 is 34.6 Å². The number of benzene rings is 1. The van der Waals surface area contributed by atoms with Crippen LogP contribution in [0.1, 0.15) is 91.7 Å². The van der Waals surface area contributed by atoms with Gasteiger partial charge in [-0.1, -0.05) is 19.9 Å². The molecule has 3 aliphatic rings. The Kier molecular flexibility index (Phi) is 7.17. The van der Waals surface area contributed by atoms with Crippen LogP contribution in [0, 0.1) is 5.41 Å². The number of ether oxygens (including phenoxy) is 3. The number of aliphatic hydroxyl groups excluding tert-OH is 1. The van der Waals surface area contributed by atoms with Gasteiger partial charge in [0, 0.05) is 30.2 Å². The number of esters is 1. The average Bonchev–Trinajstić information content (AvgIpc) is 2.83. The maximum absolute atomic E-state index is 11.8. The molecule has 8 heteroatoms. The quantitative estimate of drug-likeness (QED) is 0.245. The van der Waals surface area contributed by atoms with Crippen LogP contribution in [0.15, 0.2) is 23.3 Å². The number of hydrogen-bond acceptors (Lipinski definition) is 8. The topological polar surface area (TPSA) is 126 Å². The molecule has 1 saturated heterocycles. The standard InChI is InChI=1S/C30H42O8/c1-9-15(2)26(36-17(4)31)16(3)18-12-20(32)19-13-21-29(7,38-27(19)25(18)34)11-10-23-30(21,8)22(33)14-24(37-23)28(5,6)35/h9,12-13,16,22-24,26,32-35H,10-11,14H2,1-8H3/t16-,22+,23+,24+,26+,29+,30-/m0/s1. The van der Waals surface area contributed by atoms with Crippen molar-refractivity contribution in [2.45, 2.75) is 116 Å². The van der Waals surface area contributed by atoms with E-state index in [1.54, 1.807) is 13.8 Å². The Morgan fingerprint density at radius 3 is 2.50 bits per heavy atom. The second kappa shape index (κ2) is 9.57. The van der Waals surface area contributed by atoms with E-state index in [0.29, 0.717) is 24.0 Å². The summed E-state index contributed by atoms with van der Waals surface area (Å²) in [5.41, 5.74) is -0.428. The molecule has 0 radical (unpaired) electrons. The zero-order valence-corrected chi connectivity index (χ0v) is 23.7. The number of carbonyl (C=O) groups is 1. The fourth-order valence-corrected chi connectivity index (χ4v) is 6.48. The third-order valence-corrected chi connectivity index (χ3v) is 9.01. The molecule has 2 fully saturated rings. The van der Waals surface area contributed by atoms with Gasteiger partial charge in [-0.25, -0.2) is 0 Å². The van der Waals surface area contributed by atoms with Crippen molar-refractivity contribution in [2.24, 2.45) is 5.41 Å². The maximum atomic E-state index is 11.8. The first-order chi connectivity index (χ1) is 17.5. The van der Waals surface area contributed by atoms with E-state index in [1.165, 1.54) is 13.0 Å². The summed E-state index contributed by atoms with van der Waals surface area (Å²) in [5.74, 6) is -0.932. The Bertz CT molecular complexity index is 1180. The lowest BCUT2D eigenvalue weighted by Crippen LogP contribution is -2.63. The molecule has 4 rings (SSSR count). The van der Waals surface area contributed by atoms with Gasteiger partial charge in [-0.2, -0.15) is 0 Å². The van der Waals surface area contributed by atoms with Gasteiger partial charge in [0.25, 0.3) is 0 Å². The van der Waals surface area contributed by atoms with E-state index in [2.05, 4.69) is 0 Å². The third kappa shape index (κ3) is 4.50. The Labute approximate surface area is 224 Å². The number of aliphatic hydroxyl groups is 2. The summed E-state index contributed by atoms with van der Waals surface area (Å²) in [6.45, 7) is 14.1. The summed E-state index contributed by atoms with van der Waals surface area (Å²) in [4.78, 5) is 11.8. The van der Waals surface area contributed by atoms with Crippen LogP contribution in [0.2, 0.25) is 0 Å². The molecule has 0 bridgehead atoms. The second-order valence-electron chi connectivity index (χ2n) is 12.2. The van der Waals surface area contributed by atoms with Gasteiger partial charge in [-0.3, -0.25) is 4.79 Å². The zero-order chi connectivity index (χ0) is 28.4. The highest BCUT2D eigenvalue weighted by Gasteiger charge is 2.60. The monoisotopic (exact) mass is 530 g/mol. The van der Waals surface area contributed by atoms with Crippen LogP contribution in [0.4, 0.5) is 0 Å². The molecule has 0 spiro atoms. The molecular formula is C30H42O8. The van der Waals surface area contributed by atoms with Crippen LogP contribution in [-0.2, 0) is 14.3 Å². The molecule has 7 atom stereocenters. The normalized spacial score (nSPS) is 32.6. The van der Waals surface area contributed by atoms with Crippen molar-refractivity contribution in [1.82, 2.24) is 0 Å². The van der Waals surface area contributed by atoms with E-state index in [0.717, 1.165) is 11.1 Å². The fourth-order valence-electron chi connectivity index (χ4n) is 6.48. The van der Waals surface area contributed by atoms with Crippen LogP contribution in [-0.4, -0.2) is 62.0 Å². The molecule has 1 saturated carbocycles. The van der Waals surface area contributed by atoms with Crippen LogP contribution >= 0.6 is 0 Å². The third-order valence-electron chi connectivity index (χ3n) is 9.01. The van der Waals surface area contributed by atoms with Crippen LogP contribution in [0.25, 0.3) is 6.08 Å². The van der Waals surface area contributed by atoms with E-state index < -0.39 is 46.8 Å². The zero-order valence-electron chi connectivity index (χ0n) is 23.7. The summed E-state index contributed by atoms with van der Waals surface area (Å²) in [7, 11) is 0. The summed E-state index contributed by atoms with van der Waals surface area (Å²) >= 11 is 0. The highest BCUT2D eigenvalue weighted by atomic mass is 16.5. The second-order valence-corrected chi connectivity index (χ2v) is 12.2. The van der Waals surface area contributed by atoms with Crippen molar-refractivity contribution in [3.05, 3.63) is 34.4 Å². The summed E-state index contributed by atoms with van der Waals surface area (Å²) in [6, 6.07) is 1.49. The minimum atomic E-state index is -1.10. The molecule has 38 heavy (non-hydrogen) atoms. The highest BCUT2D eigenvalue weighted by Crippen LogP contribution is 2.60. The summed E-state index contributed by atoms with van der Waals surface area (Å²) < 4.78 is 18.4. The number of rotatable bonds is 5.